The van der Waals surface area contributed by atoms with E-state index in [2.05, 4.69) is 33.0 Å². The summed E-state index contributed by atoms with van der Waals surface area (Å²) >= 11 is 3.43. The van der Waals surface area contributed by atoms with E-state index in [1.165, 1.54) is 5.69 Å². The first-order chi connectivity index (χ1) is 8.70. The molecule has 18 heavy (non-hydrogen) atoms. The van der Waals surface area contributed by atoms with Crippen molar-refractivity contribution in [3.63, 3.8) is 0 Å². The number of ether oxygens (including phenoxy) is 1. The molecule has 1 fully saturated rings. The van der Waals surface area contributed by atoms with Crippen LogP contribution in [0.3, 0.4) is 0 Å². The fourth-order valence-corrected chi connectivity index (χ4v) is 2.28. The topological polar surface area (TPSA) is 32.8 Å². The fourth-order valence-electron chi connectivity index (χ4n) is 2.01. The zero-order chi connectivity index (χ0) is 13.0. The van der Waals surface area contributed by atoms with Crippen LogP contribution in [-0.4, -0.2) is 43.8 Å². The molecule has 1 aliphatic heterocycles. The largest absolute Gasteiger partial charge is 0.450 e. The second kappa shape index (κ2) is 6.09. The third kappa shape index (κ3) is 3.16. The van der Waals surface area contributed by atoms with E-state index in [0.29, 0.717) is 6.61 Å². The number of amides is 1. The summed E-state index contributed by atoms with van der Waals surface area (Å²) in [4.78, 5) is 15.6. The molecule has 1 heterocycles. The van der Waals surface area contributed by atoms with Gasteiger partial charge in [-0.05, 0) is 31.2 Å². The predicted octanol–water partition coefficient (Wildman–Crippen LogP) is 2.73. The highest BCUT2D eigenvalue weighted by atomic mass is 79.9. The normalized spacial score (nSPS) is 15.7. The zero-order valence-corrected chi connectivity index (χ0v) is 12.0. The van der Waals surface area contributed by atoms with E-state index in [-0.39, 0.29) is 6.09 Å². The summed E-state index contributed by atoms with van der Waals surface area (Å²) in [6, 6.07) is 8.24. The molecular weight excluding hydrogens is 296 g/mol. The van der Waals surface area contributed by atoms with Gasteiger partial charge in [0.1, 0.15) is 0 Å². The average Bonchev–Trinajstić information content (AvgIpc) is 2.40. The maximum Gasteiger partial charge on any atom is 0.409 e. The van der Waals surface area contributed by atoms with Gasteiger partial charge in [0.15, 0.2) is 0 Å². The fraction of sp³-hybridized carbons (Fsp3) is 0.462. The van der Waals surface area contributed by atoms with Gasteiger partial charge in [0.2, 0.25) is 0 Å². The lowest BCUT2D eigenvalue weighted by molar-refractivity contribution is 0.105. The summed E-state index contributed by atoms with van der Waals surface area (Å²) in [7, 11) is 0. The van der Waals surface area contributed by atoms with Crippen molar-refractivity contribution in [2.24, 2.45) is 0 Å². The smallest absolute Gasteiger partial charge is 0.409 e. The summed E-state index contributed by atoms with van der Waals surface area (Å²) in [6.07, 6.45) is -0.201. The lowest BCUT2D eigenvalue weighted by Gasteiger charge is -2.35. The molecule has 0 radical (unpaired) electrons. The van der Waals surface area contributed by atoms with Gasteiger partial charge in [-0.2, -0.15) is 0 Å². The summed E-state index contributed by atoms with van der Waals surface area (Å²) in [5.74, 6) is 0. The van der Waals surface area contributed by atoms with Gasteiger partial charge in [-0.15, -0.1) is 0 Å². The molecule has 0 N–H and O–H groups in total. The molecule has 5 heteroatoms. The molecule has 1 aromatic rings. The predicted molar refractivity (Wildman–Crippen MR) is 75.0 cm³/mol. The first kappa shape index (κ1) is 13.2. The molecule has 0 atom stereocenters. The third-order valence-electron chi connectivity index (χ3n) is 3.00. The van der Waals surface area contributed by atoms with Crippen molar-refractivity contribution in [3.05, 3.63) is 28.7 Å². The van der Waals surface area contributed by atoms with Crippen LogP contribution in [0, 0.1) is 0 Å². The second-order valence-corrected chi connectivity index (χ2v) is 5.07. The Labute approximate surface area is 116 Å². The molecule has 2 rings (SSSR count). The van der Waals surface area contributed by atoms with Gasteiger partial charge < -0.3 is 14.5 Å². The molecule has 0 bridgehead atoms. The van der Waals surface area contributed by atoms with E-state index < -0.39 is 0 Å². The Morgan fingerprint density at radius 3 is 2.39 bits per heavy atom. The van der Waals surface area contributed by atoms with Crippen molar-refractivity contribution in [2.75, 3.05) is 37.7 Å². The molecule has 0 aromatic heterocycles. The number of piperazine rings is 1. The molecule has 4 nitrogen and oxygen atoms in total. The first-order valence-corrected chi connectivity index (χ1v) is 6.92. The minimum atomic E-state index is -0.201. The van der Waals surface area contributed by atoms with E-state index in [4.69, 9.17) is 4.74 Å². The molecule has 0 unspecified atom stereocenters. The van der Waals surface area contributed by atoms with E-state index in [9.17, 15) is 4.79 Å². The SMILES string of the molecule is CCOC(=O)N1CCN(c2ccc(Br)cc2)CC1. The van der Waals surface area contributed by atoms with E-state index in [1.54, 1.807) is 4.90 Å². The highest BCUT2D eigenvalue weighted by molar-refractivity contribution is 9.10. The molecular formula is C13H17BrN2O2. The summed E-state index contributed by atoms with van der Waals surface area (Å²) in [6.45, 7) is 5.40. The first-order valence-electron chi connectivity index (χ1n) is 6.13. The molecule has 1 saturated heterocycles. The number of carbonyl (C=O) groups excluding carboxylic acids is 1. The minimum absolute atomic E-state index is 0.201. The maximum absolute atomic E-state index is 11.6. The van der Waals surface area contributed by atoms with Crippen molar-refractivity contribution in [1.82, 2.24) is 4.90 Å². The van der Waals surface area contributed by atoms with E-state index >= 15 is 0 Å². The number of halogens is 1. The Morgan fingerprint density at radius 2 is 1.83 bits per heavy atom. The van der Waals surface area contributed by atoms with Gasteiger partial charge in [-0.3, -0.25) is 0 Å². The van der Waals surface area contributed by atoms with Gasteiger partial charge in [0, 0.05) is 36.3 Å². The standard InChI is InChI=1S/C13H17BrN2O2/c1-2-18-13(17)16-9-7-15(8-10-16)12-5-3-11(14)4-6-12/h3-6H,2,7-10H2,1H3. The van der Waals surface area contributed by atoms with Crippen LogP contribution in [0.2, 0.25) is 0 Å². The molecule has 0 spiro atoms. The number of rotatable bonds is 2. The van der Waals surface area contributed by atoms with Crippen molar-refractivity contribution in [2.45, 2.75) is 6.92 Å². The van der Waals surface area contributed by atoms with Crippen LogP contribution < -0.4 is 4.90 Å². The Hall–Kier alpha value is -1.23. The summed E-state index contributed by atoms with van der Waals surface area (Å²) in [5.41, 5.74) is 1.20. The van der Waals surface area contributed by atoms with Gasteiger partial charge in [-0.1, -0.05) is 15.9 Å². The highest BCUT2D eigenvalue weighted by Gasteiger charge is 2.21. The highest BCUT2D eigenvalue weighted by Crippen LogP contribution is 2.19. The second-order valence-electron chi connectivity index (χ2n) is 4.15. The third-order valence-corrected chi connectivity index (χ3v) is 3.53. The molecule has 1 amide bonds. The van der Waals surface area contributed by atoms with Crippen molar-refractivity contribution in [3.8, 4) is 0 Å². The zero-order valence-electron chi connectivity index (χ0n) is 10.4. The number of hydrogen-bond donors (Lipinski definition) is 0. The number of nitrogens with zero attached hydrogens (tertiary/aromatic N) is 2. The van der Waals surface area contributed by atoms with Crippen LogP contribution in [0.25, 0.3) is 0 Å². The van der Waals surface area contributed by atoms with Crippen molar-refractivity contribution >= 4 is 27.7 Å². The Bertz CT molecular complexity index is 400. The van der Waals surface area contributed by atoms with E-state index in [0.717, 1.165) is 30.7 Å². The Kier molecular flexibility index (Phi) is 4.47. The van der Waals surface area contributed by atoms with Crippen LogP contribution in [0.15, 0.2) is 28.7 Å². The lowest BCUT2D eigenvalue weighted by Crippen LogP contribution is -2.48. The van der Waals surface area contributed by atoms with Crippen molar-refractivity contribution < 1.29 is 9.53 Å². The quantitative estimate of drug-likeness (QED) is 0.842. The molecule has 0 saturated carbocycles. The van der Waals surface area contributed by atoms with Crippen LogP contribution in [0.5, 0.6) is 0 Å². The molecule has 1 aliphatic rings. The number of hydrogen-bond acceptors (Lipinski definition) is 3. The summed E-state index contributed by atoms with van der Waals surface area (Å²) < 4.78 is 6.08. The minimum Gasteiger partial charge on any atom is -0.450 e. The van der Waals surface area contributed by atoms with E-state index in [1.807, 2.05) is 19.1 Å². The van der Waals surface area contributed by atoms with Gasteiger partial charge in [-0.25, -0.2) is 4.79 Å². The lowest BCUT2D eigenvalue weighted by atomic mass is 10.2. The van der Waals surface area contributed by atoms with Gasteiger partial charge in [0.05, 0.1) is 6.61 Å². The number of anilines is 1. The molecule has 98 valence electrons. The van der Waals surface area contributed by atoms with Crippen LogP contribution >= 0.6 is 15.9 Å². The number of benzene rings is 1. The average molecular weight is 313 g/mol. The summed E-state index contributed by atoms with van der Waals surface area (Å²) in [5, 5.41) is 0. The molecule has 1 aromatic carbocycles. The number of carbonyl (C=O) groups is 1. The molecule has 0 aliphatic carbocycles. The Balaban J connectivity index is 1.90. The van der Waals surface area contributed by atoms with Gasteiger partial charge >= 0.3 is 6.09 Å². The van der Waals surface area contributed by atoms with Crippen molar-refractivity contribution in [1.29, 1.82) is 0 Å². The Morgan fingerprint density at radius 1 is 1.22 bits per heavy atom. The van der Waals surface area contributed by atoms with Crippen LogP contribution in [0.4, 0.5) is 10.5 Å². The maximum atomic E-state index is 11.6. The van der Waals surface area contributed by atoms with Crippen LogP contribution in [-0.2, 0) is 4.74 Å². The van der Waals surface area contributed by atoms with Crippen LogP contribution in [0.1, 0.15) is 6.92 Å². The monoisotopic (exact) mass is 312 g/mol. The van der Waals surface area contributed by atoms with Gasteiger partial charge in [0.25, 0.3) is 0 Å².